The summed E-state index contributed by atoms with van der Waals surface area (Å²) in [6.45, 7) is 2.66. The van der Waals surface area contributed by atoms with Crippen LogP contribution in [0.25, 0.3) is 11.1 Å². The Kier molecular flexibility index (Phi) is 5.51. The largest absolute Gasteiger partial charge is 0.466 e. The van der Waals surface area contributed by atoms with Crippen molar-refractivity contribution in [3.63, 3.8) is 0 Å². The number of anilines is 1. The molecule has 8 heteroatoms. The quantitative estimate of drug-likeness (QED) is 0.699. The predicted octanol–water partition coefficient (Wildman–Crippen LogP) is 2.66. The van der Waals surface area contributed by atoms with Crippen LogP contribution in [0.1, 0.15) is 19.8 Å². The number of hydrogen-bond donors (Lipinski definition) is 0. The van der Waals surface area contributed by atoms with E-state index in [-0.39, 0.29) is 29.2 Å². The normalized spacial score (nSPS) is 17.8. The van der Waals surface area contributed by atoms with Crippen molar-refractivity contribution in [1.82, 2.24) is 4.90 Å². The van der Waals surface area contributed by atoms with Gasteiger partial charge < -0.3 is 9.64 Å². The molecule has 2 heterocycles. The molecule has 0 unspecified atom stereocenters. The SMILES string of the molecule is CCOC(=O)C1CCN(C(=O)CN2c3ccccc3-c3ccccc3S2(=O)=O)CC1. The van der Waals surface area contributed by atoms with E-state index in [0.29, 0.717) is 43.8 Å². The predicted molar refractivity (Wildman–Crippen MR) is 112 cm³/mol. The average molecular weight is 429 g/mol. The van der Waals surface area contributed by atoms with Crippen molar-refractivity contribution in [1.29, 1.82) is 0 Å². The number of hydrogen-bond acceptors (Lipinski definition) is 5. The number of carbonyl (C=O) groups is 2. The summed E-state index contributed by atoms with van der Waals surface area (Å²) in [5, 5.41) is 0. The van der Waals surface area contributed by atoms with E-state index in [1.54, 1.807) is 48.2 Å². The molecule has 7 nitrogen and oxygen atoms in total. The molecule has 30 heavy (non-hydrogen) atoms. The average Bonchev–Trinajstić information content (AvgIpc) is 2.77. The minimum Gasteiger partial charge on any atom is -0.466 e. The van der Waals surface area contributed by atoms with E-state index in [0.717, 1.165) is 5.56 Å². The second kappa shape index (κ2) is 8.10. The zero-order valence-corrected chi connectivity index (χ0v) is 17.6. The van der Waals surface area contributed by atoms with Gasteiger partial charge in [0.2, 0.25) is 5.91 Å². The Labute approximate surface area is 176 Å². The number of carbonyl (C=O) groups excluding carboxylic acids is 2. The van der Waals surface area contributed by atoms with Crippen molar-refractivity contribution >= 4 is 27.6 Å². The van der Waals surface area contributed by atoms with Gasteiger partial charge in [0.15, 0.2) is 0 Å². The van der Waals surface area contributed by atoms with Crippen LogP contribution in [0, 0.1) is 5.92 Å². The number of piperidine rings is 1. The van der Waals surface area contributed by atoms with E-state index in [9.17, 15) is 18.0 Å². The first-order valence-corrected chi connectivity index (χ1v) is 11.5. The van der Waals surface area contributed by atoms with Crippen molar-refractivity contribution in [3.8, 4) is 11.1 Å². The lowest BCUT2D eigenvalue weighted by Crippen LogP contribution is -2.47. The fourth-order valence-electron chi connectivity index (χ4n) is 4.10. The Morgan fingerprint density at radius 3 is 2.33 bits per heavy atom. The number of amides is 1. The highest BCUT2D eigenvalue weighted by molar-refractivity contribution is 7.93. The van der Waals surface area contributed by atoms with Crippen molar-refractivity contribution in [2.24, 2.45) is 5.92 Å². The van der Waals surface area contributed by atoms with Gasteiger partial charge in [0.1, 0.15) is 6.54 Å². The molecule has 1 saturated heterocycles. The van der Waals surface area contributed by atoms with E-state index < -0.39 is 10.0 Å². The van der Waals surface area contributed by atoms with Crippen molar-refractivity contribution in [2.45, 2.75) is 24.7 Å². The molecule has 0 atom stereocenters. The summed E-state index contributed by atoms with van der Waals surface area (Å²) < 4.78 is 32.9. The summed E-state index contributed by atoms with van der Waals surface area (Å²) in [4.78, 5) is 26.7. The molecule has 0 aromatic heterocycles. The van der Waals surface area contributed by atoms with Crippen LogP contribution in [-0.4, -0.2) is 51.4 Å². The molecule has 4 rings (SSSR count). The van der Waals surface area contributed by atoms with Gasteiger partial charge in [0, 0.05) is 24.2 Å². The maximum Gasteiger partial charge on any atom is 0.309 e. The molecule has 0 aliphatic carbocycles. The fraction of sp³-hybridized carbons (Fsp3) is 0.364. The van der Waals surface area contributed by atoms with Gasteiger partial charge in [-0.3, -0.25) is 13.9 Å². The van der Waals surface area contributed by atoms with Crippen molar-refractivity contribution < 1.29 is 22.7 Å². The van der Waals surface area contributed by atoms with Crippen LogP contribution in [0.15, 0.2) is 53.4 Å². The molecule has 158 valence electrons. The molecule has 0 radical (unpaired) electrons. The molecule has 2 aliphatic rings. The van der Waals surface area contributed by atoms with Gasteiger partial charge >= 0.3 is 5.97 Å². The zero-order valence-electron chi connectivity index (χ0n) is 16.8. The molecule has 2 aromatic rings. The van der Waals surface area contributed by atoms with Gasteiger partial charge in [0.25, 0.3) is 10.0 Å². The van der Waals surface area contributed by atoms with E-state index >= 15 is 0 Å². The van der Waals surface area contributed by atoms with Crippen LogP contribution in [0.4, 0.5) is 5.69 Å². The lowest BCUT2D eigenvalue weighted by atomic mass is 9.97. The fourth-order valence-corrected chi connectivity index (χ4v) is 5.74. The minimum absolute atomic E-state index is 0.206. The second-order valence-electron chi connectivity index (χ2n) is 7.43. The maximum atomic E-state index is 13.3. The van der Waals surface area contributed by atoms with Gasteiger partial charge in [-0.1, -0.05) is 36.4 Å². The molecule has 0 saturated carbocycles. The second-order valence-corrected chi connectivity index (χ2v) is 9.26. The van der Waals surface area contributed by atoms with Crippen LogP contribution in [0.3, 0.4) is 0 Å². The van der Waals surface area contributed by atoms with Gasteiger partial charge in [-0.15, -0.1) is 0 Å². The molecular weight excluding hydrogens is 404 g/mol. The third kappa shape index (κ3) is 3.56. The van der Waals surface area contributed by atoms with Gasteiger partial charge in [-0.05, 0) is 31.9 Å². The first-order chi connectivity index (χ1) is 14.4. The number of likely N-dealkylation sites (tertiary alicyclic amines) is 1. The standard InChI is InChI=1S/C22H24N2O5S/c1-2-29-22(26)16-11-13-23(14-12-16)21(25)15-24-19-9-5-3-7-17(19)18-8-4-6-10-20(18)30(24,27)28/h3-10,16H,2,11-15H2,1H3. The number of fused-ring (bicyclic) bond motifs is 3. The summed E-state index contributed by atoms with van der Waals surface area (Å²) in [5.41, 5.74) is 1.94. The molecule has 1 amide bonds. The molecule has 2 aromatic carbocycles. The highest BCUT2D eigenvalue weighted by Gasteiger charge is 2.37. The Bertz CT molecular complexity index is 1070. The monoisotopic (exact) mass is 428 g/mol. The topological polar surface area (TPSA) is 84.0 Å². The van der Waals surface area contributed by atoms with E-state index in [1.165, 1.54) is 4.31 Å². The van der Waals surface area contributed by atoms with Crippen LogP contribution in [0.5, 0.6) is 0 Å². The summed E-state index contributed by atoms with van der Waals surface area (Å²) >= 11 is 0. The molecule has 0 bridgehead atoms. The minimum atomic E-state index is -3.85. The zero-order chi connectivity index (χ0) is 21.3. The summed E-state index contributed by atoms with van der Waals surface area (Å²) in [5.74, 6) is -0.705. The molecule has 0 N–H and O–H groups in total. The molecule has 2 aliphatic heterocycles. The number of nitrogens with zero attached hydrogens (tertiary/aromatic N) is 2. The molecule has 0 spiro atoms. The van der Waals surface area contributed by atoms with E-state index in [1.807, 2.05) is 12.1 Å². The van der Waals surface area contributed by atoms with Gasteiger partial charge in [0.05, 0.1) is 23.1 Å². The Morgan fingerprint density at radius 1 is 1.00 bits per heavy atom. The number of rotatable bonds is 4. The third-order valence-electron chi connectivity index (χ3n) is 5.66. The highest BCUT2D eigenvalue weighted by atomic mass is 32.2. The first kappa shape index (κ1) is 20.4. The van der Waals surface area contributed by atoms with Gasteiger partial charge in [-0.25, -0.2) is 8.42 Å². The maximum absolute atomic E-state index is 13.3. The molecule has 1 fully saturated rings. The van der Waals surface area contributed by atoms with E-state index in [2.05, 4.69) is 0 Å². The number of sulfonamides is 1. The summed E-state index contributed by atoms with van der Waals surface area (Å²) in [6, 6.07) is 14.1. The first-order valence-electron chi connectivity index (χ1n) is 10.1. The van der Waals surface area contributed by atoms with Crippen molar-refractivity contribution in [3.05, 3.63) is 48.5 Å². The number of ether oxygens (including phenoxy) is 1. The molecular formula is C22H24N2O5S. The third-order valence-corrected chi connectivity index (χ3v) is 7.48. The van der Waals surface area contributed by atoms with Crippen LogP contribution in [-0.2, 0) is 24.3 Å². The van der Waals surface area contributed by atoms with Crippen LogP contribution in [0.2, 0.25) is 0 Å². The number of para-hydroxylation sites is 1. The van der Waals surface area contributed by atoms with Gasteiger partial charge in [-0.2, -0.15) is 0 Å². The van der Waals surface area contributed by atoms with E-state index in [4.69, 9.17) is 4.74 Å². The number of esters is 1. The van der Waals surface area contributed by atoms with Crippen LogP contribution < -0.4 is 4.31 Å². The number of benzene rings is 2. The lowest BCUT2D eigenvalue weighted by Gasteiger charge is -2.35. The van der Waals surface area contributed by atoms with Crippen molar-refractivity contribution in [2.75, 3.05) is 30.5 Å². The summed E-state index contributed by atoms with van der Waals surface area (Å²) in [7, 11) is -3.85. The summed E-state index contributed by atoms with van der Waals surface area (Å²) in [6.07, 6.45) is 1.05. The Balaban J connectivity index is 1.55. The Hall–Kier alpha value is -2.87. The Morgan fingerprint density at radius 2 is 1.63 bits per heavy atom. The lowest BCUT2D eigenvalue weighted by molar-refractivity contribution is -0.151. The van der Waals surface area contributed by atoms with Crippen LogP contribution >= 0.6 is 0 Å². The smallest absolute Gasteiger partial charge is 0.309 e. The highest BCUT2D eigenvalue weighted by Crippen LogP contribution is 2.42.